The lowest BCUT2D eigenvalue weighted by Gasteiger charge is -2.35. The zero-order valence-corrected chi connectivity index (χ0v) is 10.3. The highest BCUT2D eigenvalue weighted by atomic mass is 16.6. The van der Waals surface area contributed by atoms with Crippen molar-refractivity contribution >= 4 is 11.9 Å². The highest BCUT2D eigenvalue weighted by molar-refractivity contribution is 5.87. The smallest absolute Gasteiger partial charge is 0.313 e. The number of carbonyl (C=O) groups excluding carboxylic acids is 2. The third-order valence-corrected chi connectivity index (χ3v) is 4.93. The molecule has 2 fully saturated rings. The maximum atomic E-state index is 12.0. The van der Waals surface area contributed by atoms with E-state index >= 15 is 0 Å². The average molecular weight is 226 g/mol. The summed E-state index contributed by atoms with van der Waals surface area (Å²) in [6.45, 7) is 5.97. The van der Waals surface area contributed by atoms with E-state index in [0.29, 0.717) is 6.42 Å². The van der Waals surface area contributed by atoms with Crippen molar-refractivity contribution in [1.82, 2.24) is 0 Å². The minimum Gasteiger partial charge on any atom is -0.469 e. The SMILES string of the molecule is COC(=O)C[C@]12CC[C@@](C)(OC1=O)C2(C)C. The molecule has 16 heavy (non-hydrogen) atoms. The minimum absolute atomic E-state index is 0.130. The Hall–Kier alpha value is -1.06. The number of ether oxygens (including phenoxy) is 2. The Kier molecular flexibility index (Phi) is 2.14. The molecule has 0 amide bonds. The van der Waals surface area contributed by atoms with Crippen molar-refractivity contribution in [2.75, 3.05) is 7.11 Å². The van der Waals surface area contributed by atoms with Crippen molar-refractivity contribution in [2.45, 2.75) is 45.6 Å². The molecule has 0 radical (unpaired) electrons. The van der Waals surface area contributed by atoms with Crippen molar-refractivity contribution < 1.29 is 19.1 Å². The monoisotopic (exact) mass is 226 g/mol. The zero-order valence-electron chi connectivity index (χ0n) is 10.3. The van der Waals surface area contributed by atoms with Gasteiger partial charge in [0.25, 0.3) is 0 Å². The lowest BCUT2D eigenvalue weighted by atomic mass is 9.64. The van der Waals surface area contributed by atoms with Gasteiger partial charge in [-0.05, 0) is 19.8 Å². The summed E-state index contributed by atoms with van der Waals surface area (Å²) >= 11 is 0. The van der Waals surface area contributed by atoms with E-state index in [0.717, 1.165) is 6.42 Å². The maximum absolute atomic E-state index is 12.0. The highest BCUT2D eigenvalue weighted by Gasteiger charge is 2.73. The van der Waals surface area contributed by atoms with Crippen LogP contribution in [0.3, 0.4) is 0 Å². The van der Waals surface area contributed by atoms with Gasteiger partial charge in [-0.15, -0.1) is 0 Å². The highest BCUT2D eigenvalue weighted by Crippen LogP contribution is 2.66. The first-order valence-corrected chi connectivity index (χ1v) is 5.59. The molecule has 90 valence electrons. The van der Waals surface area contributed by atoms with E-state index in [9.17, 15) is 9.59 Å². The molecule has 0 unspecified atom stereocenters. The van der Waals surface area contributed by atoms with E-state index < -0.39 is 11.0 Å². The summed E-state index contributed by atoms with van der Waals surface area (Å²) in [4.78, 5) is 23.5. The zero-order chi connectivity index (χ0) is 12.2. The van der Waals surface area contributed by atoms with Crippen LogP contribution in [0.25, 0.3) is 0 Å². The summed E-state index contributed by atoms with van der Waals surface area (Å²) in [5.74, 6) is -0.576. The van der Waals surface area contributed by atoms with Crippen molar-refractivity contribution in [2.24, 2.45) is 10.8 Å². The van der Waals surface area contributed by atoms with Gasteiger partial charge in [0.05, 0.1) is 18.9 Å². The molecule has 2 aliphatic rings. The van der Waals surface area contributed by atoms with Gasteiger partial charge in [0, 0.05) is 5.41 Å². The quantitative estimate of drug-likeness (QED) is 0.672. The lowest BCUT2D eigenvalue weighted by Crippen LogP contribution is -2.41. The van der Waals surface area contributed by atoms with Crippen molar-refractivity contribution in [3.05, 3.63) is 0 Å². The largest absolute Gasteiger partial charge is 0.469 e. The molecule has 4 nitrogen and oxygen atoms in total. The molecule has 4 heteroatoms. The maximum Gasteiger partial charge on any atom is 0.313 e. The van der Waals surface area contributed by atoms with Crippen LogP contribution in [-0.4, -0.2) is 24.6 Å². The summed E-state index contributed by atoms with van der Waals surface area (Å²) in [6, 6.07) is 0. The summed E-state index contributed by atoms with van der Waals surface area (Å²) in [5.41, 5.74) is -1.43. The summed E-state index contributed by atoms with van der Waals surface area (Å²) in [7, 11) is 1.35. The van der Waals surface area contributed by atoms with E-state index in [4.69, 9.17) is 4.74 Å². The van der Waals surface area contributed by atoms with Crippen molar-refractivity contribution in [1.29, 1.82) is 0 Å². The number of hydrogen-bond acceptors (Lipinski definition) is 4. The number of rotatable bonds is 2. The molecule has 1 saturated heterocycles. The van der Waals surface area contributed by atoms with Gasteiger partial charge in [0.2, 0.25) is 0 Å². The number of hydrogen-bond donors (Lipinski definition) is 0. The third-order valence-electron chi connectivity index (χ3n) is 4.93. The van der Waals surface area contributed by atoms with E-state index in [1.807, 2.05) is 20.8 Å². The van der Waals surface area contributed by atoms with Crippen LogP contribution in [0.2, 0.25) is 0 Å². The van der Waals surface area contributed by atoms with E-state index in [1.54, 1.807) is 0 Å². The number of carbonyl (C=O) groups is 2. The van der Waals surface area contributed by atoms with Crippen LogP contribution < -0.4 is 0 Å². The normalized spacial score (nSPS) is 39.6. The molecular weight excluding hydrogens is 208 g/mol. The molecule has 2 rings (SSSR count). The molecule has 0 N–H and O–H groups in total. The molecule has 1 heterocycles. The van der Waals surface area contributed by atoms with Crippen LogP contribution in [0.4, 0.5) is 0 Å². The van der Waals surface area contributed by atoms with Crippen LogP contribution in [-0.2, 0) is 19.1 Å². The number of fused-ring (bicyclic) bond motifs is 2. The Morgan fingerprint density at radius 3 is 2.38 bits per heavy atom. The second-order valence-corrected chi connectivity index (χ2v) is 5.58. The molecule has 0 aromatic rings. The van der Waals surface area contributed by atoms with Gasteiger partial charge in [-0.2, -0.15) is 0 Å². The Morgan fingerprint density at radius 1 is 1.38 bits per heavy atom. The Balaban J connectivity index is 2.39. The Labute approximate surface area is 95.3 Å². The van der Waals surface area contributed by atoms with Gasteiger partial charge < -0.3 is 9.47 Å². The molecule has 1 aliphatic carbocycles. The lowest BCUT2D eigenvalue weighted by molar-refractivity contribution is -0.163. The van der Waals surface area contributed by atoms with Crippen molar-refractivity contribution in [3.8, 4) is 0 Å². The first-order chi connectivity index (χ1) is 7.29. The van der Waals surface area contributed by atoms with Crippen LogP contribution >= 0.6 is 0 Å². The van der Waals surface area contributed by atoms with Gasteiger partial charge in [-0.25, -0.2) is 0 Å². The molecule has 1 aliphatic heterocycles. The Morgan fingerprint density at radius 2 is 2.00 bits per heavy atom. The molecule has 0 spiro atoms. The third kappa shape index (κ3) is 1.05. The first-order valence-electron chi connectivity index (χ1n) is 5.59. The minimum atomic E-state index is -0.686. The predicted molar refractivity (Wildman–Crippen MR) is 56.6 cm³/mol. The Bertz CT molecular complexity index is 360. The van der Waals surface area contributed by atoms with E-state index in [1.165, 1.54) is 7.11 Å². The molecular formula is C12H18O4. The molecule has 0 aromatic carbocycles. The summed E-state index contributed by atoms with van der Waals surface area (Å²) in [6.07, 6.45) is 1.66. The fourth-order valence-corrected chi connectivity index (χ4v) is 3.12. The van der Waals surface area contributed by atoms with Gasteiger partial charge in [-0.3, -0.25) is 9.59 Å². The standard InChI is InChI=1S/C12H18O4/c1-10(2)11(3)5-6-12(10,9(14)16-11)7-8(13)15-4/h5-7H2,1-4H3/t11-,12-/m1/s1. The van der Waals surface area contributed by atoms with Gasteiger partial charge >= 0.3 is 11.9 Å². The van der Waals surface area contributed by atoms with E-state index in [2.05, 4.69) is 4.74 Å². The van der Waals surface area contributed by atoms with Gasteiger partial charge in [-0.1, -0.05) is 13.8 Å². The number of methoxy groups -OCH3 is 1. The van der Waals surface area contributed by atoms with Crippen LogP contribution in [0.15, 0.2) is 0 Å². The molecule has 2 atom stereocenters. The van der Waals surface area contributed by atoms with Crippen LogP contribution in [0.5, 0.6) is 0 Å². The van der Waals surface area contributed by atoms with Crippen molar-refractivity contribution in [3.63, 3.8) is 0 Å². The second kappa shape index (κ2) is 2.99. The number of esters is 2. The summed E-state index contributed by atoms with van der Waals surface area (Å²) < 4.78 is 10.2. The van der Waals surface area contributed by atoms with Crippen LogP contribution in [0, 0.1) is 10.8 Å². The van der Waals surface area contributed by atoms with Gasteiger partial charge in [0.15, 0.2) is 0 Å². The average Bonchev–Trinajstić information content (AvgIpc) is 2.46. The second-order valence-electron chi connectivity index (χ2n) is 5.58. The van der Waals surface area contributed by atoms with Gasteiger partial charge in [0.1, 0.15) is 5.60 Å². The van der Waals surface area contributed by atoms with E-state index in [-0.39, 0.29) is 23.8 Å². The molecule has 0 aromatic heterocycles. The molecule has 1 saturated carbocycles. The topological polar surface area (TPSA) is 52.6 Å². The fourth-order valence-electron chi connectivity index (χ4n) is 3.12. The predicted octanol–water partition coefficient (Wildman–Crippen LogP) is 1.67. The first kappa shape index (κ1) is 11.4. The summed E-state index contributed by atoms with van der Waals surface area (Å²) in [5, 5.41) is 0. The fraction of sp³-hybridized carbons (Fsp3) is 0.833. The van der Waals surface area contributed by atoms with Crippen LogP contribution in [0.1, 0.15) is 40.0 Å². The molecule has 2 bridgehead atoms.